The van der Waals surface area contributed by atoms with Crippen LogP contribution in [0.5, 0.6) is 0 Å². The first-order valence-electron chi connectivity index (χ1n) is 7.18. The van der Waals surface area contributed by atoms with Gasteiger partial charge in [-0.25, -0.2) is 4.99 Å². The molecule has 0 fully saturated rings. The lowest BCUT2D eigenvalue weighted by Gasteiger charge is -2.26. The Morgan fingerprint density at radius 2 is 1.90 bits per heavy atom. The fourth-order valence-electron chi connectivity index (χ4n) is 3.05. The van der Waals surface area contributed by atoms with Crippen molar-refractivity contribution in [3.05, 3.63) is 47.3 Å². The molecule has 1 aromatic carbocycles. The van der Waals surface area contributed by atoms with E-state index in [0.717, 1.165) is 40.9 Å². The van der Waals surface area contributed by atoms with Gasteiger partial charge in [-0.3, -0.25) is 9.67 Å². The predicted molar refractivity (Wildman–Crippen MR) is 83.3 cm³/mol. The Morgan fingerprint density at radius 1 is 1.14 bits per heavy atom. The molecule has 5 nitrogen and oxygen atoms in total. The van der Waals surface area contributed by atoms with E-state index >= 15 is 0 Å². The van der Waals surface area contributed by atoms with Gasteiger partial charge in [0, 0.05) is 19.2 Å². The van der Waals surface area contributed by atoms with Gasteiger partial charge < -0.3 is 4.90 Å². The SMILES string of the molecule is Cc1nn(C)c2c1N=C(c1ccccc1)N1CC(C)N=C21. The number of benzene rings is 1. The van der Waals surface area contributed by atoms with Gasteiger partial charge in [0.05, 0.1) is 11.7 Å². The average molecular weight is 279 g/mol. The summed E-state index contributed by atoms with van der Waals surface area (Å²) in [5.41, 5.74) is 4.04. The lowest BCUT2D eigenvalue weighted by Crippen LogP contribution is -2.39. The van der Waals surface area contributed by atoms with E-state index in [1.807, 2.05) is 36.9 Å². The van der Waals surface area contributed by atoms with E-state index in [-0.39, 0.29) is 6.04 Å². The summed E-state index contributed by atoms with van der Waals surface area (Å²) >= 11 is 0. The Bertz CT molecular complexity index is 769. The fourth-order valence-corrected chi connectivity index (χ4v) is 3.05. The molecule has 1 atom stereocenters. The number of hydrogen-bond acceptors (Lipinski definition) is 4. The molecule has 2 aliphatic heterocycles. The lowest BCUT2D eigenvalue weighted by atomic mass is 10.1. The van der Waals surface area contributed by atoms with Crippen LogP contribution >= 0.6 is 0 Å². The van der Waals surface area contributed by atoms with Crippen molar-refractivity contribution in [1.82, 2.24) is 14.7 Å². The largest absolute Gasteiger partial charge is 0.307 e. The van der Waals surface area contributed by atoms with Crippen molar-refractivity contribution in [3.8, 4) is 0 Å². The Hall–Kier alpha value is -2.43. The summed E-state index contributed by atoms with van der Waals surface area (Å²) in [6, 6.07) is 10.6. The molecule has 1 aromatic heterocycles. The number of rotatable bonds is 1. The molecule has 0 radical (unpaired) electrons. The molecule has 4 rings (SSSR count). The van der Waals surface area contributed by atoms with Gasteiger partial charge in [0.2, 0.25) is 0 Å². The molecule has 1 unspecified atom stereocenters. The molecule has 0 spiro atoms. The number of amidine groups is 2. The minimum absolute atomic E-state index is 0.273. The minimum atomic E-state index is 0.273. The van der Waals surface area contributed by atoms with Crippen LogP contribution in [0.15, 0.2) is 40.3 Å². The highest BCUT2D eigenvalue weighted by Gasteiger charge is 2.36. The Balaban J connectivity index is 1.97. The molecular formula is C16H17N5. The van der Waals surface area contributed by atoms with Crippen LogP contribution in [-0.2, 0) is 7.05 Å². The van der Waals surface area contributed by atoms with Crippen LogP contribution in [0.1, 0.15) is 23.9 Å². The van der Waals surface area contributed by atoms with Gasteiger partial charge in [-0.15, -0.1) is 0 Å². The quantitative estimate of drug-likeness (QED) is 0.804. The Kier molecular flexibility index (Phi) is 2.51. The molecule has 5 heteroatoms. The summed E-state index contributed by atoms with van der Waals surface area (Å²) in [6.45, 7) is 5.00. The Labute approximate surface area is 123 Å². The first-order chi connectivity index (χ1) is 10.1. The maximum atomic E-state index is 4.89. The third-order valence-corrected chi connectivity index (χ3v) is 3.95. The van der Waals surface area contributed by atoms with Crippen LogP contribution in [-0.4, -0.2) is 38.9 Å². The predicted octanol–water partition coefficient (Wildman–Crippen LogP) is 2.27. The summed E-state index contributed by atoms with van der Waals surface area (Å²) < 4.78 is 1.89. The summed E-state index contributed by atoms with van der Waals surface area (Å²) in [5, 5.41) is 4.51. The molecular weight excluding hydrogens is 262 g/mol. The van der Waals surface area contributed by atoms with E-state index in [9.17, 15) is 0 Å². The van der Waals surface area contributed by atoms with Crippen LogP contribution in [0, 0.1) is 6.92 Å². The van der Waals surface area contributed by atoms with Gasteiger partial charge in [-0.05, 0) is 13.8 Å². The standard InChI is InChI=1S/C16H17N5/c1-10-9-21-15(12-7-5-4-6-8-12)18-13-11(2)19-20(3)14(13)16(21)17-10/h4-8,10H,9H2,1-3H3. The number of aryl methyl sites for hydroxylation is 2. The Morgan fingerprint density at radius 3 is 2.67 bits per heavy atom. The molecule has 106 valence electrons. The molecule has 0 saturated heterocycles. The van der Waals surface area contributed by atoms with Crippen LogP contribution in [0.25, 0.3) is 0 Å². The third kappa shape index (κ3) is 1.73. The van der Waals surface area contributed by atoms with Crippen LogP contribution in [0.2, 0.25) is 0 Å². The van der Waals surface area contributed by atoms with Crippen molar-refractivity contribution < 1.29 is 0 Å². The summed E-state index contributed by atoms with van der Waals surface area (Å²) in [6.07, 6.45) is 0. The van der Waals surface area contributed by atoms with Crippen molar-refractivity contribution in [3.63, 3.8) is 0 Å². The molecule has 2 aliphatic rings. The number of fused-ring (bicyclic) bond motifs is 3. The molecule has 3 heterocycles. The van der Waals surface area contributed by atoms with Crippen molar-refractivity contribution in [2.24, 2.45) is 17.0 Å². The second-order valence-electron chi connectivity index (χ2n) is 5.62. The van der Waals surface area contributed by atoms with Crippen LogP contribution in [0.4, 0.5) is 5.69 Å². The zero-order valence-electron chi connectivity index (χ0n) is 12.4. The zero-order valence-corrected chi connectivity index (χ0v) is 12.4. The second-order valence-corrected chi connectivity index (χ2v) is 5.62. The average Bonchev–Trinajstić information content (AvgIpc) is 2.99. The number of aliphatic imine (C=N–C) groups is 2. The highest BCUT2D eigenvalue weighted by Crippen LogP contribution is 2.33. The molecule has 0 N–H and O–H groups in total. The van der Waals surface area contributed by atoms with Crippen molar-refractivity contribution in [1.29, 1.82) is 0 Å². The molecule has 0 amide bonds. The maximum absolute atomic E-state index is 4.89. The van der Waals surface area contributed by atoms with Gasteiger partial charge in [-0.1, -0.05) is 30.3 Å². The topological polar surface area (TPSA) is 45.8 Å². The van der Waals surface area contributed by atoms with E-state index in [2.05, 4.69) is 29.1 Å². The van der Waals surface area contributed by atoms with E-state index in [1.54, 1.807) is 0 Å². The number of aromatic nitrogens is 2. The van der Waals surface area contributed by atoms with E-state index in [1.165, 1.54) is 0 Å². The molecule has 21 heavy (non-hydrogen) atoms. The highest BCUT2D eigenvalue weighted by atomic mass is 15.4. The molecule has 0 aliphatic carbocycles. The normalized spacial score (nSPS) is 20.0. The van der Waals surface area contributed by atoms with Crippen molar-refractivity contribution in [2.75, 3.05) is 6.54 Å². The van der Waals surface area contributed by atoms with Gasteiger partial charge in [0.25, 0.3) is 0 Å². The van der Waals surface area contributed by atoms with E-state index < -0.39 is 0 Å². The number of nitrogens with zero attached hydrogens (tertiary/aromatic N) is 5. The first-order valence-corrected chi connectivity index (χ1v) is 7.18. The maximum Gasteiger partial charge on any atom is 0.157 e. The summed E-state index contributed by atoms with van der Waals surface area (Å²) in [7, 11) is 1.96. The first kappa shape index (κ1) is 12.3. The summed E-state index contributed by atoms with van der Waals surface area (Å²) in [5.74, 6) is 1.97. The van der Waals surface area contributed by atoms with E-state index in [4.69, 9.17) is 9.98 Å². The molecule has 2 aromatic rings. The van der Waals surface area contributed by atoms with Gasteiger partial charge in [-0.2, -0.15) is 5.10 Å². The summed E-state index contributed by atoms with van der Waals surface area (Å²) in [4.78, 5) is 11.9. The highest BCUT2D eigenvalue weighted by molar-refractivity contribution is 6.20. The van der Waals surface area contributed by atoms with Crippen LogP contribution in [0.3, 0.4) is 0 Å². The fraction of sp³-hybridized carbons (Fsp3) is 0.312. The van der Waals surface area contributed by atoms with Gasteiger partial charge >= 0.3 is 0 Å². The van der Waals surface area contributed by atoms with Crippen molar-refractivity contribution >= 4 is 17.4 Å². The van der Waals surface area contributed by atoms with E-state index in [0.29, 0.717) is 0 Å². The number of hydrogen-bond donors (Lipinski definition) is 0. The second kappa shape index (κ2) is 4.28. The van der Waals surface area contributed by atoms with Gasteiger partial charge in [0.15, 0.2) is 5.84 Å². The molecule has 0 saturated carbocycles. The lowest BCUT2D eigenvalue weighted by molar-refractivity contribution is 0.593. The third-order valence-electron chi connectivity index (χ3n) is 3.95. The van der Waals surface area contributed by atoms with Gasteiger partial charge in [0.1, 0.15) is 17.2 Å². The van der Waals surface area contributed by atoms with Crippen LogP contribution < -0.4 is 0 Å². The van der Waals surface area contributed by atoms with Crippen molar-refractivity contribution in [2.45, 2.75) is 19.9 Å². The minimum Gasteiger partial charge on any atom is -0.307 e. The smallest absolute Gasteiger partial charge is 0.157 e. The monoisotopic (exact) mass is 279 g/mol. The molecule has 0 bridgehead atoms. The zero-order chi connectivity index (χ0) is 14.6.